The van der Waals surface area contributed by atoms with Crippen molar-refractivity contribution in [2.75, 3.05) is 0 Å². The van der Waals surface area contributed by atoms with Gasteiger partial charge >= 0.3 is 0 Å². The average molecular weight is 508 g/mol. The number of halogens is 2. The standard InChI is InChI=1S/C28H31F2N5O2/c1-3-22(4-2)35-17-20(9-10-27(35)37)24-15-32-16-25(34-24)26(36)11-23(31)19-7-5-18(6-8-19)14-33-21-12-28(29,30)13-21/h5-11,15-17,21-22,33H,3-4,12-14,31H2,1-2H3. The summed E-state index contributed by atoms with van der Waals surface area (Å²) in [6, 6.07) is 10.4. The molecule has 3 aromatic rings. The monoisotopic (exact) mass is 507 g/mol. The van der Waals surface area contributed by atoms with Crippen LogP contribution in [0, 0.1) is 0 Å². The molecule has 194 valence electrons. The molecule has 2 heterocycles. The van der Waals surface area contributed by atoms with Gasteiger partial charge in [-0.15, -0.1) is 0 Å². The van der Waals surface area contributed by atoms with E-state index >= 15 is 0 Å². The Morgan fingerprint density at radius 3 is 2.51 bits per heavy atom. The van der Waals surface area contributed by atoms with Crippen molar-refractivity contribution < 1.29 is 13.6 Å². The maximum atomic E-state index is 13.0. The summed E-state index contributed by atoms with van der Waals surface area (Å²) in [5.41, 5.74) is 9.28. The van der Waals surface area contributed by atoms with E-state index in [4.69, 9.17) is 5.73 Å². The topological polar surface area (TPSA) is 103 Å². The predicted octanol–water partition coefficient (Wildman–Crippen LogP) is 4.74. The zero-order valence-electron chi connectivity index (χ0n) is 21.0. The molecular formula is C28H31F2N5O2. The van der Waals surface area contributed by atoms with Gasteiger partial charge in [-0.3, -0.25) is 14.6 Å². The van der Waals surface area contributed by atoms with Gasteiger partial charge in [0.05, 0.1) is 18.1 Å². The lowest BCUT2D eigenvalue weighted by molar-refractivity contribution is -0.0930. The lowest BCUT2D eigenvalue weighted by Crippen LogP contribution is -2.48. The first-order valence-electron chi connectivity index (χ1n) is 12.5. The normalized spacial score (nSPS) is 15.5. The molecule has 1 aromatic carbocycles. The maximum Gasteiger partial charge on any atom is 0.251 e. The van der Waals surface area contributed by atoms with Crippen molar-refractivity contribution in [2.45, 2.75) is 64.1 Å². The zero-order valence-corrected chi connectivity index (χ0v) is 21.0. The molecule has 2 aromatic heterocycles. The molecule has 0 saturated heterocycles. The molecule has 0 bridgehead atoms. The van der Waals surface area contributed by atoms with Crippen molar-refractivity contribution in [3.63, 3.8) is 0 Å². The molecule has 0 aliphatic heterocycles. The van der Waals surface area contributed by atoms with Crippen molar-refractivity contribution in [2.24, 2.45) is 5.73 Å². The molecule has 1 aliphatic carbocycles. The lowest BCUT2D eigenvalue weighted by atomic mass is 9.88. The molecule has 0 amide bonds. The van der Waals surface area contributed by atoms with Gasteiger partial charge in [-0.1, -0.05) is 38.1 Å². The lowest BCUT2D eigenvalue weighted by Gasteiger charge is -2.35. The fourth-order valence-corrected chi connectivity index (χ4v) is 4.43. The number of rotatable bonds is 10. The molecule has 3 N–H and O–H groups in total. The number of aromatic nitrogens is 3. The molecule has 0 atom stereocenters. The summed E-state index contributed by atoms with van der Waals surface area (Å²) in [5, 5.41) is 3.12. The molecule has 37 heavy (non-hydrogen) atoms. The Morgan fingerprint density at radius 2 is 1.86 bits per heavy atom. The summed E-state index contributed by atoms with van der Waals surface area (Å²) in [6.45, 7) is 4.55. The van der Waals surface area contributed by atoms with Crippen LogP contribution in [0.3, 0.4) is 0 Å². The molecule has 0 radical (unpaired) electrons. The minimum absolute atomic E-state index is 0.0816. The summed E-state index contributed by atoms with van der Waals surface area (Å²) in [4.78, 5) is 33.9. The van der Waals surface area contributed by atoms with Gasteiger partial charge in [-0.25, -0.2) is 13.8 Å². The van der Waals surface area contributed by atoms with Crippen LogP contribution in [0.15, 0.2) is 65.9 Å². The Kier molecular flexibility index (Phi) is 7.92. The van der Waals surface area contributed by atoms with Crippen LogP contribution in [-0.4, -0.2) is 32.3 Å². The van der Waals surface area contributed by atoms with Crippen LogP contribution >= 0.6 is 0 Å². The smallest absolute Gasteiger partial charge is 0.251 e. The summed E-state index contributed by atoms with van der Waals surface area (Å²) in [5.74, 6) is -2.94. The largest absolute Gasteiger partial charge is 0.398 e. The number of alkyl halides is 2. The molecule has 1 saturated carbocycles. The first kappa shape index (κ1) is 26.3. The van der Waals surface area contributed by atoms with Gasteiger partial charge in [-0.05, 0) is 30.0 Å². The van der Waals surface area contributed by atoms with Crippen molar-refractivity contribution in [3.05, 3.63) is 88.2 Å². The Bertz CT molecular complexity index is 1340. The number of carbonyl (C=O) groups excluding carboxylic acids is 1. The number of nitrogens with one attached hydrogen (secondary N) is 1. The van der Waals surface area contributed by atoms with Crippen LogP contribution in [0.5, 0.6) is 0 Å². The molecule has 9 heteroatoms. The second kappa shape index (κ2) is 11.1. The second-order valence-corrected chi connectivity index (χ2v) is 9.43. The number of benzene rings is 1. The van der Waals surface area contributed by atoms with Gasteiger partial charge in [0, 0.05) is 61.1 Å². The highest BCUT2D eigenvalue weighted by Gasteiger charge is 2.44. The van der Waals surface area contributed by atoms with Gasteiger partial charge in [0.2, 0.25) is 5.78 Å². The number of carbonyl (C=O) groups is 1. The van der Waals surface area contributed by atoms with Gasteiger partial charge in [0.1, 0.15) is 5.69 Å². The third-order valence-electron chi connectivity index (χ3n) is 6.72. The van der Waals surface area contributed by atoms with Crippen LogP contribution < -0.4 is 16.6 Å². The van der Waals surface area contributed by atoms with Gasteiger partial charge in [0.25, 0.3) is 11.5 Å². The van der Waals surface area contributed by atoms with E-state index in [9.17, 15) is 18.4 Å². The first-order chi connectivity index (χ1) is 17.7. The van der Waals surface area contributed by atoms with Crippen molar-refractivity contribution >= 4 is 11.5 Å². The third-order valence-corrected chi connectivity index (χ3v) is 6.72. The van der Waals surface area contributed by atoms with E-state index in [0.29, 0.717) is 23.4 Å². The Hall–Kier alpha value is -3.72. The van der Waals surface area contributed by atoms with E-state index in [-0.39, 0.29) is 41.9 Å². The molecule has 7 nitrogen and oxygen atoms in total. The molecule has 0 unspecified atom stereocenters. The average Bonchev–Trinajstić information content (AvgIpc) is 2.88. The van der Waals surface area contributed by atoms with Gasteiger partial charge in [0.15, 0.2) is 0 Å². The molecule has 1 fully saturated rings. The minimum Gasteiger partial charge on any atom is -0.398 e. The van der Waals surface area contributed by atoms with Crippen LogP contribution in [0.4, 0.5) is 8.78 Å². The zero-order chi connectivity index (χ0) is 26.6. The highest BCUT2D eigenvalue weighted by molar-refractivity contribution is 6.07. The summed E-state index contributed by atoms with van der Waals surface area (Å²) in [6.07, 6.45) is 7.39. The van der Waals surface area contributed by atoms with Crippen LogP contribution in [0.2, 0.25) is 0 Å². The molecule has 1 aliphatic rings. The highest BCUT2D eigenvalue weighted by Crippen LogP contribution is 2.37. The van der Waals surface area contributed by atoms with E-state index in [1.54, 1.807) is 35.2 Å². The fraction of sp³-hybridized carbons (Fsp3) is 0.357. The number of allylic oxidation sites excluding steroid dienone is 1. The SMILES string of the molecule is CCC(CC)n1cc(-c2cncc(C(=O)C=C(N)c3ccc(CNC4CC(F)(F)C4)cc3)n2)ccc1=O. The highest BCUT2D eigenvalue weighted by atomic mass is 19.3. The second-order valence-electron chi connectivity index (χ2n) is 9.43. The number of pyridine rings is 1. The fourth-order valence-electron chi connectivity index (χ4n) is 4.43. The number of ketones is 1. The number of nitrogens with two attached hydrogens (primary N) is 1. The summed E-state index contributed by atoms with van der Waals surface area (Å²) < 4.78 is 27.6. The maximum absolute atomic E-state index is 13.0. The number of hydrogen-bond donors (Lipinski definition) is 2. The Morgan fingerprint density at radius 1 is 1.16 bits per heavy atom. The number of hydrogen-bond acceptors (Lipinski definition) is 6. The van der Waals surface area contributed by atoms with E-state index in [1.807, 2.05) is 26.0 Å². The quantitative estimate of drug-likeness (QED) is 0.304. The molecule has 0 spiro atoms. The Balaban J connectivity index is 1.45. The number of nitrogens with zero attached hydrogens (tertiary/aromatic N) is 3. The van der Waals surface area contributed by atoms with E-state index in [1.165, 1.54) is 18.3 Å². The van der Waals surface area contributed by atoms with Gasteiger partial charge < -0.3 is 15.6 Å². The predicted molar refractivity (Wildman–Crippen MR) is 139 cm³/mol. The van der Waals surface area contributed by atoms with E-state index in [2.05, 4.69) is 15.3 Å². The van der Waals surface area contributed by atoms with E-state index < -0.39 is 11.7 Å². The van der Waals surface area contributed by atoms with Crippen LogP contribution in [0.25, 0.3) is 17.0 Å². The molecular weight excluding hydrogens is 476 g/mol. The van der Waals surface area contributed by atoms with Gasteiger partial charge in [-0.2, -0.15) is 0 Å². The van der Waals surface area contributed by atoms with Crippen molar-refractivity contribution in [3.8, 4) is 11.3 Å². The molecule has 4 rings (SSSR count). The minimum atomic E-state index is -2.55. The first-order valence-corrected chi connectivity index (χ1v) is 12.5. The van der Waals surface area contributed by atoms with Crippen molar-refractivity contribution in [1.29, 1.82) is 0 Å². The summed E-state index contributed by atoms with van der Waals surface area (Å²) >= 11 is 0. The van der Waals surface area contributed by atoms with Crippen LogP contribution in [-0.2, 0) is 6.54 Å². The van der Waals surface area contributed by atoms with E-state index in [0.717, 1.165) is 18.4 Å². The third kappa shape index (κ3) is 6.35. The Labute approximate surface area is 214 Å². The van der Waals surface area contributed by atoms with Crippen molar-refractivity contribution in [1.82, 2.24) is 19.9 Å². The van der Waals surface area contributed by atoms with Crippen LogP contribution in [0.1, 0.15) is 67.2 Å². The summed E-state index contributed by atoms with van der Waals surface area (Å²) in [7, 11) is 0.